The molecule has 8 nitrogen and oxygen atoms in total. The van der Waals surface area contributed by atoms with Gasteiger partial charge in [-0.3, -0.25) is 10.1 Å². The number of para-hydroxylation sites is 2. The van der Waals surface area contributed by atoms with Crippen molar-refractivity contribution < 1.29 is 19.0 Å². The van der Waals surface area contributed by atoms with Crippen molar-refractivity contribution in [3.8, 4) is 23.3 Å². The van der Waals surface area contributed by atoms with Crippen LogP contribution in [0.2, 0.25) is 10.0 Å². The lowest BCUT2D eigenvalue weighted by Gasteiger charge is -2.13. The summed E-state index contributed by atoms with van der Waals surface area (Å²) in [6.45, 7) is 4.55. The van der Waals surface area contributed by atoms with E-state index in [1.165, 1.54) is 17.4 Å². The van der Waals surface area contributed by atoms with E-state index < -0.39 is 5.91 Å². The van der Waals surface area contributed by atoms with Gasteiger partial charge >= 0.3 is 0 Å². The number of amides is 1. The van der Waals surface area contributed by atoms with Gasteiger partial charge in [0.2, 0.25) is 5.13 Å². The molecule has 0 fully saturated rings. The van der Waals surface area contributed by atoms with Crippen LogP contribution in [0, 0.1) is 17.2 Å². The van der Waals surface area contributed by atoms with Crippen molar-refractivity contribution in [1.82, 2.24) is 10.2 Å². The van der Waals surface area contributed by atoms with Crippen LogP contribution in [0.15, 0.2) is 42.0 Å². The second-order valence-electron chi connectivity index (χ2n) is 7.88. The number of ether oxygens (including phenoxy) is 3. The van der Waals surface area contributed by atoms with Crippen molar-refractivity contribution in [3.63, 3.8) is 0 Å². The van der Waals surface area contributed by atoms with Gasteiger partial charge in [0.05, 0.1) is 17.2 Å². The fourth-order valence-electron chi connectivity index (χ4n) is 3.05. The highest BCUT2D eigenvalue weighted by Crippen LogP contribution is 2.35. The molecule has 0 unspecified atom stereocenters. The maximum Gasteiger partial charge on any atom is 0.268 e. The standard InChI is InChI=1S/C25H24Cl2N4O4S/c1-15(2)10-22-30-31-25(36-22)29-24(32)17(14-28)11-16-12-18(26)23(19(27)13-16)35-9-8-34-21-7-5-4-6-20(21)33-3/h4-7,11-13,15H,8-10H2,1-3H3,(H,29,31,32). The molecule has 1 amide bonds. The summed E-state index contributed by atoms with van der Waals surface area (Å²) >= 11 is 14.0. The number of rotatable bonds is 11. The number of anilines is 1. The fraction of sp³-hybridized carbons (Fsp3) is 0.280. The number of nitrogens with one attached hydrogen (secondary N) is 1. The van der Waals surface area contributed by atoms with Gasteiger partial charge in [-0.2, -0.15) is 5.26 Å². The molecule has 1 heterocycles. The monoisotopic (exact) mass is 546 g/mol. The minimum Gasteiger partial charge on any atom is -0.493 e. The third-order valence-electron chi connectivity index (χ3n) is 4.62. The summed E-state index contributed by atoms with van der Waals surface area (Å²) in [5.74, 6) is 1.29. The van der Waals surface area contributed by atoms with Crippen LogP contribution in [0.3, 0.4) is 0 Å². The summed E-state index contributed by atoms with van der Waals surface area (Å²) in [6, 6.07) is 12.3. The number of carbonyl (C=O) groups is 1. The first-order valence-electron chi connectivity index (χ1n) is 10.9. The molecule has 0 radical (unpaired) electrons. The van der Waals surface area contributed by atoms with Crippen molar-refractivity contribution in [2.24, 2.45) is 5.92 Å². The molecule has 0 aliphatic rings. The van der Waals surface area contributed by atoms with Crippen molar-refractivity contribution in [3.05, 3.63) is 62.6 Å². The molecule has 11 heteroatoms. The van der Waals surface area contributed by atoms with E-state index in [1.54, 1.807) is 31.4 Å². The highest BCUT2D eigenvalue weighted by molar-refractivity contribution is 7.15. The summed E-state index contributed by atoms with van der Waals surface area (Å²) < 4.78 is 16.6. The van der Waals surface area contributed by atoms with E-state index in [0.717, 1.165) is 11.4 Å². The van der Waals surface area contributed by atoms with Crippen molar-refractivity contribution >= 4 is 51.7 Å². The Morgan fingerprint density at radius 1 is 1.14 bits per heavy atom. The van der Waals surface area contributed by atoms with Gasteiger partial charge < -0.3 is 14.2 Å². The number of halogens is 2. The van der Waals surface area contributed by atoms with E-state index in [-0.39, 0.29) is 34.6 Å². The summed E-state index contributed by atoms with van der Waals surface area (Å²) in [7, 11) is 1.57. The molecule has 0 spiro atoms. The molecule has 1 aromatic heterocycles. The number of carbonyl (C=O) groups excluding carboxylic acids is 1. The first-order valence-corrected chi connectivity index (χ1v) is 12.5. The number of methoxy groups -OCH3 is 1. The van der Waals surface area contributed by atoms with Crippen molar-refractivity contribution in [1.29, 1.82) is 5.26 Å². The maximum absolute atomic E-state index is 12.6. The molecular weight excluding hydrogens is 523 g/mol. The Kier molecular flexibility index (Phi) is 9.94. The van der Waals surface area contributed by atoms with Crippen LogP contribution in [0.4, 0.5) is 5.13 Å². The van der Waals surface area contributed by atoms with E-state index in [2.05, 4.69) is 29.4 Å². The minimum absolute atomic E-state index is 0.137. The second-order valence-corrected chi connectivity index (χ2v) is 9.76. The zero-order chi connectivity index (χ0) is 26.1. The van der Waals surface area contributed by atoms with Crippen LogP contribution in [0.1, 0.15) is 24.4 Å². The Balaban J connectivity index is 1.63. The fourth-order valence-corrected chi connectivity index (χ4v) is 4.61. The normalized spacial score (nSPS) is 11.2. The molecule has 2 aromatic carbocycles. The lowest BCUT2D eigenvalue weighted by atomic mass is 10.1. The third-order valence-corrected chi connectivity index (χ3v) is 6.05. The molecule has 0 saturated heterocycles. The summed E-state index contributed by atoms with van der Waals surface area (Å²) in [4.78, 5) is 12.6. The molecule has 36 heavy (non-hydrogen) atoms. The van der Waals surface area contributed by atoms with Gasteiger partial charge in [-0.1, -0.05) is 60.5 Å². The molecule has 1 N–H and O–H groups in total. The Bertz CT molecular complexity index is 1260. The molecule has 0 saturated carbocycles. The lowest BCUT2D eigenvalue weighted by molar-refractivity contribution is -0.112. The zero-order valence-electron chi connectivity index (χ0n) is 19.9. The van der Waals surface area contributed by atoms with E-state index >= 15 is 0 Å². The molecule has 188 valence electrons. The predicted molar refractivity (Wildman–Crippen MR) is 141 cm³/mol. The van der Waals surface area contributed by atoms with Crippen LogP contribution >= 0.6 is 34.5 Å². The van der Waals surface area contributed by atoms with Gasteiger partial charge in [0.1, 0.15) is 29.9 Å². The first kappa shape index (κ1) is 27.3. The Morgan fingerprint density at radius 2 is 1.81 bits per heavy atom. The number of nitrogens with zero attached hydrogens (tertiary/aromatic N) is 3. The number of benzene rings is 2. The van der Waals surface area contributed by atoms with Crippen molar-refractivity contribution in [2.75, 3.05) is 25.6 Å². The minimum atomic E-state index is -0.606. The number of nitriles is 1. The Hall–Kier alpha value is -3.32. The molecule has 0 atom stereocenters. The maximum atomic E-state index is 12.6. The van der Waals surface area contributed by atoms with Crippen LogP contribution in [-0.2, 0) is 11.2 Å². The SMILES string of the molecule is COc1ccccc1OCCOc1c(Cl)cc(C=C(C#N)C(=O)Nc2nnc(CC(C)C)s2)cc1Cl. The number of hydrogen-bond acceptors (Lipinski definition) is 8. The lowest BCUT2D eigenvalue weighted by Crippen LogP contribution is -2.13. The van der Waals surface area contributed by atoms with Gasteiger partial charge in [-0.05, 0) is 41.8 Å². The highest BCUT2D eigenvalue weighted by Gasteiger charge is 2.15. The van der Waals surface area contributed by atoms with Gasteiger partial charge in [0.25, 0.3) is 5.91 Å². The second kappa shape index (κ2) is 13.1. The van der Waals surface area contributed by atoms with Gasteiger partial charge in [-0.25, -0.2) is 0 Å². The topological polar surface area (TPSA) is 106 Å². The third kappa shape index (κ3) is 7.59. The van der Waals surface area contributed by atoms with Crippen LogP contribution in [0.25, 0.3) is 6.08 Å². The van der Waals surface area contributed by atoms with Gasteiger partial charge in [0.15, 0.2) is 17.2 Å². The smallest absolute Gasteiger partial charge is 0.268 e. The van der Waals surface area contributed by atoms with Gasteiger partial charge in [0, 0.05) is 6.42 Å². The largest absolute Gasteiger partial charge is 0.493 e. The highest BCUT2D eigenvalue weighted by atomic mass is 35.5. The average Bonchev–Trinajstić information content (AvgIpc) is 3.27. The average molecular weight is 547 g/mol. The molecular formula is C25H24Cl2N4O4S. The Labute approximate surface area is 223 Å². The first-order chi connectivity index (χ1) is 17.3. The van der Waals surface area contributed by atoms with Crippen LogP contribution < -0.4 is 19.5 Å². The number of aromatic nitrogens is 2. The van der Waals surface area contributed by atoms with E-state index in [0.29, 0.717) is 28.1 Å². The predicted octanol–water partition coefficient (Wildman–Crippen LogP) is 6.06. The number of hydrogen-bond donors (Lipinski definition) is 1. The van der Waals surface area contributed by atoms with E-state index in [1.807, 2.05) is 18.2 Å². The summed E-state index contributed by atoms with van der Waals surface area (Å²) in [6.07, 6.45) is 2.14. The molecule has 0 aliphatic heterocycles. The molecule has 0 bridgehead atoms. The molecule has 3 rings (SSSR count). The van der Waals surface area contributed by atoms with Crippen molar-refractivity contribution in [2.45, 2.75) is 20.3 Å². The van der Waals surface area contributed by atoms with Crippen LogP contribution in [-0.4, -0.2) is 36.4 Å². The summed E-state index contributed by atoms with van der Waals surface area (Å²) in [5.41, 5.74) is 0.328. The Morgan fingerprint density at radius 3 is 2.44 bits per heavy atom. The van der Waals surface area contributed by atoms with Gasteiger partial charge in [-0.15, -0.1) is 10.2 Å². The van der Waals surface area contributed by atoms with E-state index in [4.69, 9.17) is 37.4 Å². The van der Waals surface area contributed by atoms with E-state index in [9.17, 15) is 10.1 Å². The summed E-state index contributed by atoms with van der Waals surface area (Å²) in [5, 5.41) is 21.7. The van der Waals surface area contributed by atoms with Crippen LogP contribution in [0.5, 0.6) is 17.2 Å². The molecule has 3 aromatic rings. The molecule has 0 aliphatic carbocycles. The quantitative estimate of drug-likeness (QED) is 0.177. The zero-order valence-corrected chi connectivity index (χ0v) is 22.2.